The largest absolute Gasteiger partial charge is 0.394 e. The van der Waals surface area contributed by atoms with Crippen LogP contribution in [0.1, 0.15) is 31.4 Å². The van der Waals surface area contributed by atoms with Gasteiger partial charge in [-0.25, -0.2) is 0 Å². The van der Waals surface area contributed by atoms with Gasteiger partial charge in [-0.1, -0.05) is 30.1 Å². The molecule has 1 saturated heterocycles. The van der Waals surface area contributed by atoms with Gasteiger partial charge in [0.1, 0.15) is 5.69 Å². The molecule has 0 bridgehead atoms. The Morgan fingerprint density at radius 2 is 2.19 bits per heavy atom. The quantitative estimate of drug-likeness (QED) is 0.939. The molecule has 1 unspecified atom stereocenters. The van der Waals surface area contributed by atoms with Crippen molar-refractivity contribution >= 4 is 16.9 Å². The highest BCUT2D eigenvalue weighted by Gasteiger charge is 2.26. The number of hydrogen-bond donors (Lipinski definition) is 1. The summed E-state index contributed by atoms with van der Waals surface area (Å²) in [5.74, 6) is 0.0232. The number of para-hydroxylation sites is 1. The third-order valence-electron chi connectivity index (χ3n) is 4.18. The molecule has 1 N–H and O–H groups in total. The van der Waals surface area contributed by atoms with Crippen molar-refractivity contribution in [3.8, 4) is 0 Å². The SMILES string of the molecule is O=C(Cc1noc2ccccc12)N1CCCCCC1CO. The molecule has 5 heteroatoms. The van der Waals surface area contributed by atoms with Crippen LogP contribution in [0.25, 0.3) is 11.0 Å². The Hall–Kier alpha value is -1.88. The van der Waals surface area contributed by atoms with Crippen molar-refractivity contribution in [1.29, 1.82) is 0 Å². The lowest BCUT2D eigenvalue weighted by molar-refractivity contribution is -0.133. The molecule has 1 aliphatic rings. The maximum absolute atomic E-state index is 12.6. The van der Waals surface area contributed by atoms with E-state index in [2.05, 4.69) is 5.16 Å². The molecule has 2 heterocycles. The van der Waals surface area contributed by atoms with E-state index in [1.165, 1.54) is 0 Å². The van der Waals surface area contributed by atoms with Crippen LogP contribution in [0.2, 0.25) is 0 Å². The second kappa shape index (κ2) is 6.26. The highest BCUT2D eigenvalue weighted by atomic mass is 16.5. The Morgan fingerprint density at radius 3 is 3.05 bits per heavy atom. The highest BCUT2D eigenvalue weighted by Crippen LogP contribution is 2.21. The zero-order chi connectivity index (χ0) is 14.7. The van der Waals surface area contributed by atoms with E-state index in [0.717, 1.165) is 37.6 Å². The van der Waals surface area contributed by atoms with Gasteiger partial charge in [-0.15, -0.1) is 0 Å². The number of amides is 1. The lowest BCUT2D eigenvalue weighted by Gasteiger charge is -2.28. The number of aliphatic hydroxyl groups is 1. The summed E-state index contributed by atoms with van der Waals surface area (Å²) in [5, 5.41) is 14.4. The Kier molecular flexibility index (Phi) is 4.20. The van der Waals surface area contributed by atoms with Gasteiger partial charge in [-0.3, -0.25) is 4.79 Å². The van der Waals surface area contributed by atoms with Crippen LogP contribution in [0.4, 0.5) is 0 Å². The highest BCUT2D eigenvalue weighted by molar-refractivity contribution is 5.86. The zero-order valence-corrected chi connectivity index (χ0v) is 12.0. The fourth-order valence-electron chi connectivity index (χ4n) is 3.01. The van der Waals surface area contributed by atoms with Gasteiger partial charge in [-0.2, -0.15) is 0 Å². The minimum absolute atomic E-state index is 0.0232. The smallest absolute Gasteiger partial charge is 0.229 e. The Balaban J connectivity index is 1.78. The lowest BCUT2D eigenvalue weighted by Crippen LogP contribution is -2.42. The molecular weight excluding hydrogens is 268 g/mol. The predicted octanol–water partition coefficient (Wildman–Crippen LogP) is 2.13. The first-order valence-electron chi connectivity index (χ1n) is 7.53. The number of fused-ring (bicyclic) bond motifs is 1. The number of likely N-dealkylation sites (tertiary alicyclic amines) is 1. The molecule has 2 aromatic rings. The molecule has 112 valence electrons. The second-order valence-electron chi connectivity index (χ2n) is 5.58. The first-order chi connectivity index (χ1) is 10.3. The predicted molar refractivity (Wildman–Crippen MR) is 78.8 cm³/mol. The minimum Gasteiger partial charge on any atom is -0.394 e. The number of carbonyl (C=O) groups excluding carboxylic acids is 1. The van der Waals surface area contributed by atoms with Gasteiger partial charge in [0.15, 0.2) is 5.58 Å². The first kappa shape index (κ1) is 14.1. The van der Waals surface area contributed by atoms with Crippen molar-refractivity contribution in [2.75, 3.05) is 13.2 Å². The van der Waals surface area contributed by atoms with Gasteiger partial charge in [0.2, 0.25) is 5.91 Å². The first-order valence-corrected chi connectivity index (χ1v) is 7.53. The molecule has 1 aliphatic heterocycles. The van der Waals surface area contributed by atoms with E-state index in [0.29, 0.717) is 11.3 Å². The van der Waals surface area contributed by atoms with Crippen molar-refractivity contribution in [1.82, 2.24) is 10.1 Å². The third kappa shape index (κ3) is 2.93. The van der Waals surface area contributed by atoms with Crippen LogP contribution >= 0.6 is 0 Å². The molecule has 1 aromatic carbocycles. The van der Waals surface area contributed by atoms with E-state index in [1.807, 2.05) is 29.2 Å². The van der Waals surface area contributed by atoms with Crippen LogP contribution in [0.15, 0.2) is 28.8 Å². The topological polar surface area (TPSA) is 66.6 Å². The molecule has 0 spiro atoms. The number of hydrogen-bond acceptors (Lipinski definition) is 4. The molecule has 1 fully saturated rings. The molecule has 5 nitrogen and oxygen atoms in total. The Labute approximate surface area is 123 Å². The molecule has 0 aliphatic carbocycles. The van der Waals surface area contributed by atoms with Crippen molar-refractivity contribution < 1.29 is 14.4 Å². The summed E-state index contributed by atoms with van der Waals surface area (Å²) in [6.07, 6.45) is 4.30. The van der Waals surface area contributed by atoms with E-state index in [-0.39, 0.29) is 25.0 Å². The maximum atomic E-state index is 12.6. The van der Waals surface area contributed by atoms with Crippen molar-refractivity contribution in [2.45, 2.75) is 38.1 Å². The van der Waals surface area contributed by atoms with E-state index >= 15 is 0 Å². The number of rotatable bonds is 3. The average molecular weight is 288 g/mol. The van der Waals surface area contributed by atoms with Gasteiger partial charge in [0.25, 0.3) is 0 Å². The van der Waals surface area contributed by atoms with Crippen molar-refractivity contribution in [3.63, 3.8) is 0 Å². The van der Waals surface area contributed by atoms with E-state index in [9.17, 15) is 9.90 Å². The van der Waals surface area contributed by atoms with E-state index in [1.54, 1.807) is 0 Å². The van der Waals surface area contributed by atoms with Crippen LogP contribution < -0.4 is 0 Å². The Bertz CT molecular complexity index is 623. The number of benzene rings is 1. The number of aliphatic hydroxyl groups excluding tert-OH is 1. The van der Waals surface area contributed by atoms with Gasteiger partial charge >= 0.3 is 0 Å². The molecule has 3 rings (SSSR count). The van der Waals surface area contributed by atoms with Gasteiger partial charge < -0.3 is 14.5 Å². The summed E-state index contributed by atoms with van der Waals surface area (Å²) in [7, 11) is 0. The van der Waals surface area contributed by atoms with Gasteiger partial charge in [0, 0.05) is 11.9 Å². The average Bonchev–Trinajstić information content (AvgIpc) is 2.76. The van der Waals surface area contributed by atoms with Crippen LogP contribution in [0.5, 0.6) is 0 Å². The van der Waals surface area contributed by atoms with Crippen LogP contribution in [0, 0.1) is 0 Å². The fraction of sp³-hybridized carbons (Fsp3) is 0.500. The monoisotopic (exact) mass is 288 g/mol. The van der Waals surface area contributed by atoms with E-state index < -0.39 is 0 Å². The summed E-state index contributed by atoms with van der Waals surface area (Å²) in [5.41, 5.74) is 1.38. The van der Waals surface area contributed by atoms with Gasteiger partial charge in [0.05, 0.1) is 19.1 Å². The summed E-state index contributed by atoms with van der Waals surface area (Å²) >= 11 is 0. The second-order valence-corrected chi connectivity index (χ2v) is 5.58. The molecule has 21 heavy (non-hydrogen) atoms. The maximum Gasteiger partial charge on any atom is 0.229 e. The van der Waals surface area contributed by atoms with Crippen LogP contribution in [0.3, 0.4) is 0 Å². The molecule has 1 amide bonds. The van der Waals surface area contributed by atoms with Gasteiger partial charge in [-0.05, 0) is 25.0 Å². The summed E-state index contributed by atoms with van der Waals surface area (Å²) < 4.78 is 5.24. The molecule has 1 aromatic heterocycles. The summed E-state index contributed by atoms with van der Waals surface area (Å²) in [4.78, 5) is 14.4. The minimum atomic E-state index is -0.0573. The lowest BCUT2D eigenvalue weighted by atomic mass is 10.1. The standard InChI is InChI=1S/C16H20N2O3/c19-11-12-6-2-1-5-9-18(12)16(20)10-14-13-7-3-4-8-15(13)21-17-14/h3-4,7-8,12,19H,1-2,5-6,9-11H2. The third-order valence-corrected chi connectivity index (χ3v) is 4.18. The summed E-state index contributed by atoms with van der Waals surface area (Å²) in [6.45, 7) is 0.755. The zero-order valence-electron chi connectivity index (χ0n) is 12.0. The molecule has 0 radical (unpaired) electrons. The molecule has 0 saturated carbocycles. The molecule has 1 atom stereocenters. The summed E-state index contributed by atoms with van der Waals surface area (Å²) in [6, 6.07) is 7.50. The van der Waals surface area contributed by atoms with Crippen molar-refractivity contribution in [3.05, 3.63) is 30.0 Å². The van der Waals surface area contributed by atoms with E-state index in [4.69, 9.17) is 4.52 Å². The fourth-order valence-corrected chi connectivity index (χ4v) is 3.01. The van der Waals surface area contributed by atoms with Crippen LogP contribution in [-0.2, 0) is 11.2 Å². The van der Waals surface area contributed by atoms with Crippen molar-refractivity contribution in [2.24, 2.45) is 0 Å². The normalized spacial score (nSPS) is 19.7. The number of nitrogens with zero attached hydrogens (tertiary/aromatic N) is 2. The number of carbonyl (C=O) groups is 1. The number of aromatic nitrogens is 1. The van der Waals surface area contributed by atoms with Crippen LogP contribution in [-0.4, -0.2) is 40.3 Å². The Morgan fingerprint density at radius 1 is 1.33 bits per heavy atom. The molecular formula is C16H20N2O3.